The molecule has 0 saturated heterocycles. The Kier molecular flexibility index (Phi) is 5.78. The van der Waals surface area contributed by atoms with Gasteiger partial charge in [-0.1, -0.05) is 0 Å². The highest BCUT2D eigenvalue weighted by Gasteiger charge is 2.13. The molecule has 0 unspecified atom stereocenters. The van der Waals surface area contributed by atoms with Gasteiger partial charge in [-0.25, -0.2) is 9.59 Å². The van der Waals surface area contributed by atoms with E-state index in [1.165, 1.54) is 36.4 Å². The van der Waals surface area contributed by atoms with E-state index in [9.17, 15) is 29.9 Å². The van der Waals surface area contributed by atoms with Gasteiger partial charge in [0, 0.05) is 35.7 Å². The first-order valence-corrected chi connectivity index (χ1v) is 8.46. The molecule has 3 aromatic rings. The van der Waals surface area contributed by atoms with Crippen molar-refractivity contribution in [2.75, 3.05) is 5.43 Å². The van der Waals surface area contributed by atoms with Crippen LogP contribution in [0.4, 0.5) is 11.4 Å². The summed E-state index contributed by atoms with van der Waals surface area (Å²) in [5.41, 5.74) is 3.90. The topological polar surface area (TPSA) is 155 Å². The molecule has 0 radical (unpaired) electrons. The van der Waals surface area contributed by atoms with E-state index in [0.717, 1.165) is 6.07 Å². The Hall–Kier alpha value is -4.60. The molecule has 150 valence electrons. The van der Waals surface area contributed by atoms with Crippen molar-refractivity contribution in [1.29, 1.82) is 0 Å². The van der Waals surface area contributed by atoms with Crippen molar-refractivity contribution >= 4 is 29.0 Å². The zero-order valence-electron chi connectivity index (χ0n) is 15.2. The molecule has 0 amide bonds. The lowest BCUT2D eigenvalue weighted by Crippen LogP contribution is -2.08. The van der Waals surface area contributed by atoms with E-state index in [-0.39, 0.29) is 22.5 Å². The minimum Gasteiger partial charge on any atom is -0.478 e. The van der Waals surface area contributed by atoms with Crippen molar-refractivity contribution < 1.29 is 24.7 Å². The van der Waals surface area contributed by atoms with Gasteiger partial charge in [0.15, 0.2) is 0 Å². The van der Waals surface area contributed by atoms with Crippen LogP contribution in [0.2, 0.25) is 0 Å². The third-order valence-electron chi connectivity index (χ3n) is 4.03. The van der Waals surface area contributed by atoms with Crippen LogP contribution in [0.1, 0.15) is 31.8 Å². The molecule has 0 saturated carbocycles. The summed E-state index contributed by atoms with van der Waals surface area (Å²) in [6.07, 6.45) is 3.09. The van der Waals surface area contributed by atoms with E-state index in [1.54, 1.807) is 24.5 Å². The maximum atomic E-state index is 11.3. The molecule has 1 heterocycles. The fourth-order valence-electron chi connectivity index (χ4n) is 2.61. The van der Waals surface area contributed by atoms with Crippen LogP contribution in [-0.4, -0.2) is 37.8 Å². The normalized spacial score (nSPS) is 11.0. The van der Waals surface area contributed by atoms with Crippen molar-refractivity contribution in [3.05, 3.63) is 99.4 Å². The minimum atomic E-state index is -1.28. The Morgan fingerprint density at radius 2 is 1.40 bits per heavy atom. The minimum absolute atomic E-state index is 0.0824. The fourth-order valence-corrected chi connectivity index (χ4v) is 2.61. The first kappa shape index (κ1) is 20.1. The molecule has 1 aromatic heterocycles. The number of nitrogens with zero attached hydrogens (tertiary/aromatic N) is 3. The number of rotatable bonds is 7. The molecule has 3 rings (SSSR count). The largest absolute Gasteiger partial charge is 0.478 e. The number of pyridine rings is 1. The molecule has 0 aliphatic heterocycles. The first-order valence-electron chi connectivity index (χ1n) is 8.46. The summed E-state index contributed by atoms with van der Waals surface area (Å²) in [6.45, 7) is 0. The van der Waals surface area contributed by atoms with Crippen LogP contribution in [0.15, 0.2) is 72.1 Å². The predicted octanol–water partition coefficient (Wildman–Crippen LogP) is 3.25. The van der Waals surface area contributed by atoms with E-state index >= 15 is 0 Å². The van der Waals surface area contributed by atoms with E-state index in [2.05, 4.69) is 15.5 Å². The number of carboxylic acids is 2. The van der Waals surface area contributed by atoms with Crippen LogP contribution in [0.25, 0.3) is 0 Å². The lowest BCUT2D eigenvalue weighted by atomic mass is 10.0. The van der Waals surface area contributed by atoms with E-state index in [1.807, 2.05) is 0 Å². The van der Waals surface area contributed by atoms with E-state index in [0.29, 0.717) is 16.8 Å². The highest BCUT2D eigenvalue weighted by Crippen LogP contribution is 2.19. The number of hydrogen-bond acceptors (Lipinski definition) is 7. The van der Waals surface area contributed by atoms with Crippen LogP contribution < -0.4 is 5.43 Å². The Morgan fingerprint density at radius 3 is 1.90 bits per heavy atom. The number of nitro benzene ring substituents is 1. The van der Waals surface area contributed by atoms with Crippen molar-refractivity contribution in [2.45, 2.75) is 0 Å². The number of aromatic carboxylic acids is 2. The first-order chi connectivity index (χ1) is 14.3. The molecule has 0 aliphatic carbocycles. The monoisotopic (exact) mass is 406 g/mol. The predicted molar refractivity (Wildman–Crippen MR) is 107 cm³/mol. The van der Waals surface area contributed by atoms with Crippen LogP contribution >= 0.6 is 0 Å². The van der Waals surface area contributed by atoms with Crippen LogP contribution in [0.5, 0.6) is 0 Å². The Morgan fingerprint density at radius 1 is 0.867 bits per heavy atom. The molecular weight excluding hydrogens is 392 g/mol. The summed E-state index contributed by atoms with van der Waals surface area (Å²) in [5, 5.41) is 33.6. The average molecular weight is 406 g/mol. The number of hydrazone groups is 1. The maximum absolute atomic E-state index is 11.3. The summed E-state index contributed by atoms with van der Waals surface area (Å²) in [4.78, 5) is 36.9. The van der Waals surface area contributed by atoms with Gasteiger partial charge in [0.05, 0.1) is 27.4 Å². The summed E-state index contributed by atoms with van der Waals surface area (Å²) in [7, 11) is 0. The summed E-state index contributed by atoms with van der Waals surface area (Å²) >= 11 is 0. The Bertz CT molecular complexity index is 1110. The molecule has 0 fully saturated rings. The van der Waals surface area contributed by atoms with E-state index < -0.39 is 16.9 Å². The number of aromatic nitrogens is 1. The molecule has 3 N–H and O–H groups in total. The van der Waals surface area contributed by atoms with Crippen LogP contribution in [-0.2, 0) is 0 Å². The van der Waals surface area contributed by atoms with Crippen LogP contribution in [0, 0.1) is 10.1 Å². The Labute approximate surface area is 169 Å². The summed E-state index contributed by atoms with van der Waals surface area (Å²) in [6, 6.07) is 12.6. The SMILES string of the molecule is O=C(O)c1cc(N/N=C(/c2ccncc2)c2ccc([N+](=O)[O-])cc2)cc(C(=O)O)c1. The van der Waals surface area contributed by atoms with Gasteiger partial charge in [-0.2, -0.15) is 5.10 Å². The lowest BCUT2D eigenvalue weighted by Gasteiger charge is -2.09. The maximum Gasteiger partial charge on any atom is 0.335 e. The van der Waals surface area contributed by atoms with Gasteiger partial charge in [-0.3, -0.25) is 20.5 Å². The third kappa shape index (κ3) is 4.62. The lowest BCUT2D eigenvalue weighted by molar-refractivity contribution is -0.384. The zero-order chi connectivity index (χ0) is 21.7. The fraction of sp³-hybridized carbons (Fsp3) is 0. The van der Waals surface area contributed by atoms with Crippen molar-refractivity contribution in [3.63, 3.8) is 0 Å². The number of hydrogen-bond donors (Lipinski definition) is 3. The number of nitro groups is 1. The molecule has 0 atom stereocenters. The summed E-state index contributed by atoms with van der Waals surface area (Å²) in [5.74, 6) is -2.57. The number of non-ortho nitro benzene ring substituents is 1. The molecule has 30 heavy (non-hydrogen) atoms. The molecule has 10 heteroatoms. The number of carboxylic acid groups (broad SMARTS) is 2. The second-order valence-electron chi connectivity index (χ2n) is 6.02. The van der Waals surface area contributed by atoms with Gasteiger partial charge >= 0.3 is 11.9 Å². The van der Waals surface area contributed by atoms with Gasteiger partial charge in [-0.15, -0.1) is 0 Å². The van der Waals surface area contributed by atoms with Crippen molar-refractivity contribution in [2.24, 2.45) is 5.10 Å². The summed E-state index contributed by atoms with van der Waals surface area (Å²) < 4.78 is 0. The highest BCUT2D eigenvalue weighted by molar-refractivity contribution is 6.13. The zero-order valence-corrected chi connectivity index (χ0v) is 15.2. The molecule has 0 aliphatic rings. The number of nitrogens with one attached hydrogen (secondary N) is 1. The quantitative estimate of drug-likeness (QED) is 0.307. The van der Waals surface area contributed by atoms with Gasteiger partial charge in [0.2, 0.25) is 0 Å². The van der Waals surface area contributed by atoms with Gasteiger partial charge < -0.3 is 10.2 Å². The van der Waals surface area contributed by atoms with Crippen molar-refractivity contribution in [3.8, 4) is 0 Å². The highest BCUT2D eigenvalue weighted by atomic mass is 16.6. The number of benzene rings is 2. The second kappa shape index (κ2) is 8.61. The molecule has 0 spiro atoms. The van der Waals surface area contributed by atoms with Gasteiger partial charge in [0.25, 0.3) is 5.69 Å². The van der Waals surface area contributed by atoms with Gasteiger partial charge in [-0.05, 0) is 42.5 Å². The second-order valence-corrected chi connectivity index (χ2v) is 6.02. The molecule has 10 nitrogen and oxygen atoms in total. The molecular formula is C20H14N4O6. The number of anilines is 1. The van der Waals surface area contributed by atoms with Crippen molar-refractivity contribution in [1.82, 2.24) is 4.98 Å². The molecule has 2 aromatic carbocycles. The average Bonchev–Trinajstić information content (AvgIpc) is 2.74. The standard InChI is InChI=1S/C20H14N4O6/c25-19(26)14-9-15(20(27)28)11-16(10-14)22-23-18(13-5-7-21-8-6-13)12-1-3-17(4-2-12)24(29)30/h1-11,22H,(H,25,26)(H,27,28)/b23-18+. The van der Waals surface area contributed by atoms with E-state index in [4.69, 9.17) is 0 Å². The smallest absolute Gasteiger partial charge is 0.335 e. The van der Waals surface area contributed by atoms with Gasteiger partial charge in [0.1, 0.15) is 0 Å². The third-order valence-corrected chi connectivity index (χ3v) is 4.03. The van der Waals surface area contributed by atoms with Crippen LogP contribution in [0.3, 0.4) is 0 Å². The Balaban J connectivity index is 2.04. The molecule has 0 bridgehead atoms. The number of carbonyl (C=O) groups is 2.